The minimum Gasteiger partial charge on any atom is -0.477 e. The van der Waals surface area contributed by atoms with Gasteiger partial charge in [-0.15, -0.1) is 0 Å². The van der Waals surface area contributed by atoms with Crippen molar-refractivity contribution in [2.75, 3.05) is 11.5 Å². The molecule has 6 heteroatoms. The number of rotatable bonds is 4. The average Bonchev–Trinajstić information content (AvgIpc) is 2.89. The topological polar surface area (TPSA) is 72.7 Å². The smallest absolute Gasteiger partial charge is 0.310 e. The predicted molar refractivity (Wildman–Crippen MR) is 111 cm³/mol. The second-order valence-electron chi connectivity index (χ2n) is 7.00. The first-order chi connectivity index (χ1) is 14.0. The monoisotopic (exact) mass is 388 g/mol. The molecule has 0 bridgehead atoms. The van der Waals surface area contributed by atoms with E-state index in [4.69, 9.17) is 4.74 Å². The summed E-state index contributed by atoms with van der Waals surface area (Å²) in [4.78, 5) is 25.7. The number of benzene rings is 3. The van der Waals surface area contributed by atoms with Crippen LogP contribution in [0, 0.1) is 17.0 Å². The van der Waals surface area contributed by atoms with Crippen LogP contribution in [0.1, 0.15) is 16.7 Å². The fourth-order valence-corrected chi connectivity index (χ4v) is 3.64. The van der Waals surface area contributed by atoms with Gasteiger partial charge in [0.1, 0.15) is 0 Å². The maximum Gasteiger partial charge on any atom is 0.310 e. The van der Waals surface area contributed by atoms with Crippen LogP contribution in [0.4, 0.5) is 17.1 Å². The predicted octanol–water partition coefficient (Wildman–Crippen LogP) is 4.75. The molecule has 0 N–H and O–H groups in total. The van der Waals surface area contributed by atoms with Gasteiger partial charge in [-0.25, -0.2) is 0 Å². The Balaban J connectivity index is 1.68. The molecule has 0 aliphatic carbocycles. The highest BCUT2D eigenvalue weighted by Crippen LogP contribution is 2.36. The van der Waals surface area contributed by atoms with E-state index in [1.807, 2.05) is 55.5 Å². The van der Waals surface area contributed by atoms with Crippen molar-refractivity contribution in [3.8, 4) is 5.75 Å². The highest BCUT2D eigenvalue weighted by atomic mass is 16.6. The van der Waals surface area contributed by atoms with Crippen LogP contribution < -0.4 is 9.64 Å². The van der Waals surface area contributed by atoms with Crippen LogP contribution in [-0.2, 0) is 17.6 Å². The minimum absolute atomic E-state index is 0.0970. The lowest BCUT2D eigenvalue weighted by Crippen LogP contribution is -2.31. The lowest BCUT2D eigenvalue weighted by molar-refractivity contribution is -0.385. The van der Waals surface area contributed by atoms with Crippen molar-refractivity contribution < 1.29 is 14.5 Å². The molecular weight excluding hydrogens is 368 g/mol. The summed E-state index contributed by atoms with van der Waals surface area (Å²) in [7, 11) is 0. The van der Waals surface area contributed by atoms with Crippen LogP contribution in [-0.4, -0.2) is 17.4 Å². The normalized spacial score (nSPS) is 12.5. The Hall–Kier alpha value is -3.67. The van der Waals surface area contributed by atoms with E-state index in [1.54, 1.807) is 17.0 Å². The second-order valence-corrected chi connectivity index (χ2v) is 7.00. The highest BCUT2D eigenvalue weighted by Gasteiger charge is 2.26. The molecule has 0 fully saturated rings. The molecule has 0 unspecified atom stereocenters. The van der Waals surface area contributed by atoms with Gasteiger partial charge in [-0.2, -0.15) is 0 Å². The minimum atomic E-state index is -0.504. The lowest BCUT2D eigenvalue weighted by atomic mass is 10.0. The number of nitro groups is 1. The number of nitro benzene ring substituents is 1. The van der Waals surface area contributed by atoms with E-state index in [-0.39, 0.29) is 24.0 Å². The van der Waals surface area contributed by atoms with Gasteiger partial charge >= 0.3 is 5.69 Å². The Morgan fingerprint density at radius 1 is 1.00 bits per heavy atom. The van der Waals surface area contributed by atoms with Gasteiger partial charge in [-0.05, 0) is 54.7 Å². The largest absolute Gasteiger partial charge is 0.477 e. The molecule has 29 heavy (non-hydrogen) atoms. The quantitative estimate of drug-likeness (QED) is 0.478. The van der Waals surface area contributed by atoms with E-state index in [0.717, 1.165) is 40.9 Å². The van der Waals surface area contributed by atoms with E-state index < -0.39 is 4.92 Å². The van der Waals surface area contributed by atoms with Crippen molar-refractivity contribution in [1.82, 2.24) is 0 Å². The first-order valence-electron chi connectivity index (χ1n) is 9.41. The van der Waals surface area contributed by atoms with Gasteiger partial charge in [0.25, 0.3) is 5.91 Å². The molecule has 0 saturated carbocycles. The first-order valence-corrected chi connectivity index (χ1v) is 9.41. The van der Waals surface area contributed by atoms with Crippen LogP contribution in [0.15, 0.2) is 66.7 Å². The van der Waals surface area contributed by atoms with Crippen molar-refractivity contribution in [2.24, 2.45) is 0 Å². The molecule has 0 radical (unpaired) electrons. The van der Waals surface area contributed by atoms with Gasteiger partial charge in [0.05, 0.1) is 16.3 Å². The lowest BCUT2D eigenvalue weighted by Gasteiger charge is -2.25. The summed E-state index contributed by atoms with van der Waals surface area (Å²) in [6, 6.07) is 20.2. The van der Waals surface area contributed by atoms with Crippen molar-refractivity contribution in [2.45, 2.75) is 19.8 Å². The molecule has 1 amide bonds. The Labute approximate surface area is 168 Å². The van der Waals surface area contributed by atoms with Gasteiger partial charge in [0, 0.05) is 6.07 Å². The summed E-state index contributed by atoms with van der Waals surface area (Å²) < 4.78 is 5.63. The summed E-state index contributed by atoms with van der Waals surface area (Å²) in [6.07, 6.45) is 1.67. The maximum atomic E-state index is 13.2. The van der Waals surface area contributed by atoms with Gasteiger partial charge in [0.15, 0.2) is 12.4 Å². The first kappa shape index (κ1) is 18.7. The fraction of sp³-hybridized carbons (Fsp3) is 0.174. The Morgan fingerprint density at radius 3 is 2.17 bits per heavy atom. The van der Waals surface area contributed by atoms with E-state index in [9.17, 15) is 14.9 Å². The molecular formula is C23H20N2O4. The van der Waals surface area contributed by atoms with Gasteiger partial charge in [0.2, 0.25) is 0 Å². The van der Waals surface area contributed by atoms with Crippen LogP contribution >= 0.6 is 0 Å². The molecule has 0 saturated heterocycles. The second kappa shape index (κ2) is 7.75. The molecule has 6 nitrogen and oxygen atoms in total. The van der Waals surface area contributed by atoms with Crippen molar-refractivity contribution in [1.29, 1.82) is 0 Å². The van der Waals surface area contributed by atoms with E-state index in [1.165, 1.54) is 6.07 Å². The third-order valence-corrected chi connectivity index (χ3v) is 5.04. The molecule has 4 rings (SSSR count). The number of fused-ring (bicyclic) bond motifs is 2. The number of amides is 1. The van der Waals surface area contributed by atoms with Crippen molar-refractivity contribution >= 4 is 23.0 Å². The summed E-state index contributed by atoms with van der Waals surface area (Å²) >= 11 is 0. The van der Waals surface area contributed by atoms with Gasteiger partial charge in [-0.3, -0.25) is 19.8 Å². The van der Waals surface area contributed by atoms with Crippen LogP contribution in [0.3, 0.4) is 0 Å². The highest BCUT2D eigenvalue weighted by molar-refractivity contribution is 6.03. The Bertz CT molecular complexity index is 1050. The number of carbonyl (C=O) groups is 1. The molecule has 146 valence electrons. The summed E-state index contributed by atoms with van der Waals surface area (Å²) in [6.45, 7) is 1.52. The van der Waals surface area contributed by atoms with E-state index in [0.29, 0.717) is 0 Å². The summed E-state index contributed by atoms with van der Waals surface area (Å²) in [5, 5.41) is 11.3. The molecule has 1 heterocycles. The zero-order chi connectivity index (χ0) is 20.4. The SMILES string of the molecule is Cc1ccc([N+](=O)[O-])c(OCC(=O)N2c3ccccc3CCc3ccccc32)c1. The number of hydrogen-bond acceptors (Lipinski definition) is 4. The Morgan fingerprint density at radius 2 is 1.59 bits per heavy atom. The number of carbonyl (C=O) groups excluding carboxylic acids is 1. The average molecular weight is 388 g/mol. The number of para-hydroxylation sites is 2. The number of nitrogens with zero attached hydrogens (tertiary/aromatic N) is 2. The van der Waals surface area contributed by atoms with Crippen molar-refractivity contribution in [3.63, 3.8) is 0 Å². The molecule has 1 aliphatic heterocycles. The van der Waals surface area contributed by atoms with Gasteiger partial charge in [-0.1, -0.05) is 42.5 Å². The zero-order valence-corrected chi connectivity index (χ0v) is 16.0. The third kappa shape index (κ3) is 3.69. The summed E-state index contributed by atoms with van der Waals surface area (Å²) in [5.74, 6) is -0.178. The van der Waals surface area contributed by atoms with Crippen molar-refractivity contribution in [3.05, 3.63) is 93.5 Å². The van der Waals surface area contributed by atoms with E-state index in [2.05, 4.69) is 0 Å². The standard InChI is InChI=1S/C23H20N2O4/c1-16-10-13-21(25(27)28)22(14-16)29-15-23(26)24-19-8-4-2-6-17(19)11-12-18-7-3-5-9-20(18)24/h2-10,13-14H,11-12,15H2,1H3. The molecule has 0 aromatic heterocycles. The van der Waals surface area contributed by atoms with Crippen LogP contribution in [0.2, 0.25) is 0 Å². The number of anilines is 2. The van der Waals surface area contributed by atoms with Crippen LogP contribution in [0.5, 0.6) is 5.75 Å². The van der Waals surface area contributed by atoms with E-state index >= 15 is 0 Å². The molecule has 0 spiro atoms. The molecule has 3 aromatic rings. The molecule has 0 atom stereocenters. The number of hydrogen-bond donors (Lipinski definition) is 0. The summed E-state index contributed by atoms with van der Waals surface area (Å²) in [5.41, 5.74) is 4.48. The number of aryl methyl sites for hydroxylation is 3. The number of ether oxygens (including phenoxy) is 1. The maximum absolute atomic E-state index is 13.2. The molecule has 3 aromatic carbocycles. The molecule has 1 aliphatic rings. The fourth-order valence-electron chi connectivity index (χ4n) is 3.64. The third-order valence-electron chi connectivity index (χ3n) is 5.04. The van der Waals surface area contributed by atoms with Gasteiger partial charge < -0.3 is 4.74 Å². The zero-order valence-electron chi connectivity index (χ0n) is 16.0. The Kier molecular flexibility index (Phi) is 4.99. The van der Waals surface area contributed by atoms with Crippen LogP contribution in [0.25, 0.3) is 0 Å².